The SMILES string of the molecule is COC(=O)c1scc2c1nc(Nc1ccc(N3CCN(C4CC4)CC3)cc1)c1[nH]ncc12. The van der Waals surface area contributed by atoms with E-state index in [1.165, 1.54) is 37.0 Å². The first kappa shape index (κ1) is 19.5. The smallest absolute Gasteiger partial charge is 0.350 e. The standard InChI is InChI=1S/C23H24N6O2S/c1-31-23(30)21-19-18(13-32-21)17-12-24-27-20(17)22(26-19)25-14-2-4-15(5-3-14)28-8-10-29(11-9-28)16-6-7-16/h2-5,12-13,16H,6-11H2,1H3,(H,24,27)(H,25,26). The highest BCUT2D eigenvalue weighted by atomic mass is 32.1. The van der Waals surface area contributed by atoms with Crippen LogP contribution in [0.5, 0.6) is 0 Å². The fourth-order valence-electron chi connectivity index (χ4n) is 4.50. The minimum Gasteiger partial charge on any atom is -0.465 e. The Morgan fingerprint density at radius 2 is 1.94 bits per heavy atom. The number of thiophene rings is 1. The number of ether oxygens (including phenoxy) is 1. The van der Waals surface area contributed by atoms with Crippen molar-refractivity contribution in [2.75, 3.05) is 43.5 Å². The number of pyridine rings is 1. The maximum Gasteiger partial charge on any atom is 0.350 e. The fourth-order valence-corrected chi connectivity index (χ4v) is 5.42. The number of H-pyrrole nitrogens is 1. The predicted molar refractivity (Wildman–Crippen MR) is 127 cm³/mol. The van der Waals surface area contributed by atoms with E-state index in [1.807, 2.05) is 5.38 Å². The highest BCUT2D eigenvalue weighted by Crippen LogP contribution is 2.35. The maximum atomic E-state index is 12.2. The van der Waals surface area contributed by atoms with Crippen LogP contribution in [0.3, 0.4) is 0 Å². The second kappa shape index (κ2) is 7.75. The third kappa shape index (κ3) is 3.37. The lowest BCUT2D eigenvalue weighted by Gasteiger charge is -2.36. The minimum atomic E-state index is -0.377. The van der Waals surface area contributed by atoms with Crippen LogP contribution in [0.1, 0.15) is 22.5 Å². The van der Waals surface area contributed by atoms with Crippen molar-refractivity contribution in [2.24, 2.45) is 0 Å². The van der Waals surface area contributed by atoms with Crippen LogP contribution in [0, 0.1) is 0 Å². The van der Waals surface area contributed by atoms with Crippen LogP contribution in [0.4, 0.5) is 17.2 Å². The number of piperazine rings is 1. The summed E-state index contributed by atoms with van der Waals surface area (Å²) in [7, 11) is 1.39. The van der Waals surface area contributed by atoms with E-state index >= 15 is 0 Å². The van der Waals surface area contributed by atoms with Gasteiger partial charge in [-0.3, -0.25) is 10.00 Å². The second-order valence-corrected chi connectivity index (χ2v) is 9.24. The highest BCUT2D eigenvalue weighted by molar-refractivity contribution is 7.13. The van der Waals surface area contributed by atoms with Crippen molar-refractivity contribution >= 4 is 56.3 Å². The van der Waals surface area contributed by atoms with Gasteiger partial charge in [0, 0.05) is 59.7 Å². The van der Waals surface area contributed by atoms with Crippen LogP contribution in [0.25, 0.3) is 21.8 Å². The van der Waals surface area contributed by atoms with E-state index in [4.69, 9.17) is 9.72 Å². The van der Waals surface area contributed by atoms with Crippen LogP contribution in [-0.2, 0) is 4.74 Å². The zero-order chi connectivity index (χ0) is 21.7. The topological polar surface area (TPSA) is 86.4 Å². The van der Waals surface area contributed by atoms with Gasteiger partial charge in [0.1, 0.15) is 10.4 Å². The summed E-state index contributed by atoms with van der Waals surface area (Å²) < 4.78 is 4.93. The summed E-state index contributed by atoms with van der Waals surface area (Å²) in [6.45, 7) is 4.45. The summed E-state index contributed by atoms with van der Waals surface area (Å²) in [5, 5.41) is 14.4. The van der Waals surface area contributed by atoms with Crippen LogP contribution < -0.4 is 10.2 Å². The van der Waals surface area contributed by atoms with Gasteiger partial charge in [-0.25, -0.2) is 9.78 Å². The van der Waals surface area contributed by atoms with Gasteiger partial charge in [0.05, 0.1) is 18.8 Å². The molecule has 0 spiro atoms. The molecule has 0 amide bonds. The number of benzene rings is 1. The van der Waals surface area contributed by atoms with E-state index in [2.05, 4.69) is 49.6 Å². The van der Waals surface area contributed by atoms with Crippen molar-refractivity contribution in [1.29, 1.82) is 0 Å². The van der Waals surface area contributed by atoms with Crippen LogP contribution in [-0.4, -0.2) is 65.4 Å². The molecular weight excluding hydrogens is 424 g/mol. The Balaban J connectivity index is 1.26. The van der Waals surface area contributed by atoms with Gasteiger partial charge >= 0.3 is 5.97 Å². The summed E-state index contributed by atoms with van der Waals surface area (Å²) in [6.07, 6.45) is 4.51. The number of esters is 1. The molecule has 3 aromatic heterocycles. The molecular formula is C23H24N6O2S. The van der Waals surface area contributed by atoms with E-state index in [1.54, 1.807) is 6.20 Å². The van der Waals surface area contributed by atoms with Crippen molar-refractivity contribution in [1.82, 2.24) is 20.1 Å². The predicted octanol–water partition coefficient (Wildman–Crippen LogP) is 3.99. The summed E-state index contributed by atoms with van der Waals surface area (Å²) in [6, 6.07) is 9.30. The van der Waals surface area contributed by atoms with Gasteiger partial charge in [-0.2, -0.15) is 5.10 Å². The van der Waals surface area contributed by atoms with Gasteiger partial charge in [0.15, 0.2) is 5.82 Å². The van der Waals surface area contributed by atoms with Crippen molar-refractivity contribution in [2.45, 2.75) is 18.9 Å². The van der Waals surface area contributed by atoms with Gasteiger partial charge < -0.3 is 15.0 Å². The summed E-state index contributed by atoms with van der Waals surface area (Å²) in [4.78, 5) is 22.5. The van der Waals surface area contributed by atoms with Crippen LogP contribution in [0.2, 0.25) is 0 Å². The molecule has 1 aliphatic carbocycles. The van der Waals surface area contributed by atoms with Crippen molar-refractivity contribution in [3.8, 4) is 0 Å². The molecule has 2 N–H and O–H groups in total. The number of aromatic amines is 1. The minimum absolute atomic E-state index is 0.377. The van der Waals surface area contributed by atoms with Crippen LogP contribution >= 0.6 is 11.3 Å². The summed E-state index contributed by atoms with van der Waals surface area (Å²) in [5.74, 6) is 0.261. The Morgan fingerprint density at radius 3 is 2.66 bits per heavy atom. The zero-order valence-corrected chi connectivity index (χ0v) is 18.6. The third-order valence-electron chi connectivity index (χ3n) is 6.40. The number of anilines is 3. The molecule has 32 heavy (non-hydrogen) atoms. The normalized spacial score (nSPS) is 17.2. The number of nitrogens with one attached hydrogen (secondary N) is 2. The monoisotopic (exact) mass is 448 g/mol. The number of carbonyl (C=O) groups excluding carboxylic acids is 1. The number of fused-ring (bicyclic) bond motifs is 3. The average molecular weight is 449 g/mol. The van der Waals surface area contributed by atoms with Gasteiger partial charge in [-0.05, 0) is 37.1 Å². The Kier molecular flexibility index (Phi) is 4.73. The maximum absolute atomic E-state index is 12.2. The summed E-state index contributed by atoms with van der Waals surface area (Å²) >= 11 is 1.34. The average Bonchev–Trinajstić information content (AvgIpc) is 3.40. The number of hydrogen-bond donors (Lipinski definition) is 2. The molecule has 8 nitrogen and oxygen atoms in total. The Hall–Kier alpha value is -3.17. The fraction of sp³-hybridized carbons (Fsp3) is 0.348. The molecule has 1 aromatic carbocycles. The summed E-state index contributed by atoms with van der Waals surface area (Å²) in [5.41, 5.74) is 3.62. The van der Waals surface area contributed by atoms with E-state index in [0.29, 0.717) is 16.2 Å². The zero-order valence-electron chi connectivity index (χ0n) is 17.8. The molecule has 164 valence electrons. The van der Waals surface area contributed by atoms with Gasteiger partial charge in [0.2, 0.25) is 0 Å². The molecule has 6 rings (SSSR count). The molecule has 1 saturated carbocycles. The molecule has 0 atom stereocenters. The number of hydrogen-bond acceptors (Lipinski definition) is 8. The molecule has 4 heterocycles. The van der Waals surface area contributed by atoms with Crippen LogP contribution in [0.15, 0.2) is 35.8 Å². The number of nitrogens with zero attached hydrogens (tertiary/aromatic N) is 4. The lowest BCUT2D eigenvalue weighted by Crippen LogP contribution is -2.47. The van der Waals surface area contributed by atoms with Crippen molar-refractivity contribution < 1.29 is 9.53 Å². The van der Waals surface area contributed by atoms with Gasteiger partial charge in [0.25, 0.3) is 0 Å². The number of rotatable bonds is 5. The first-order chi connectivity index (χ1) is 15.7. The molecule has 4 aromatic rings. The lowest BCUT2D eigenvalue weighted by atomic mass is 10.2. The molecule has 9 heteroatoms. The molecule has 2 fully saturated rings. The first-order valence-electron chi connectivity index (χ1n) is 10.9. The second-order valence-electron chi connectivity index (χ2n) is 8.36. The first-order valence-corrected chi connectivity index (χ1v) is 11.8. The Morgan fingerprint density at radius 1 is 1.16 bits per heavy atom. The third-order valence-corrected chi connectivity index (χ3v) is 7.35. The number of methoxy groups -OCH3 is 1. The van der Waals surface area contributed by atoms with E-state index < -0.39 is 0 Å². The van der Waals surface area contributed by atoms with E-state index in [-0.39, 0.29) is 5.97 Å². The molecule has 2 aliphatic rings. The van der Waals surface area contributed by atoms with Gasteiger partial charge in [-0.1, -0.05) is 0 Å². The largest absolute Gasteiger partial charge is 0.465 e. The molecule has 1 aliphatic heterocycles. The molecule has 0 unspecified atom stereocenters. The Labute approximate surface area is 189 Å². The van der Waals surface area contributed by atoms with E-state index in [9.17, 15) is 4.79 Å². The number of aromatic nitrogens is 3. The van der Waals surface area contributed by atoms with Gasteiger partial charge in [-0.15, -0.1) is 11.3 Å². The van der Waals surface area contributed by atoms with E-state index in [0.717, 1.165) is 54.2 Å². The van der Waals surface area contributed by atoms with Crippen molar-refractivity contribution in [3.05, 3.63) is 40.7 Å². The highest BCUT2D eigenvalue weighted by Gasteiger charge is 2.31. The molecule has 0 bridgehead atoms. The molecule has 0 radical (unpaired) electrons. The van der Waals surface area contributed by atoms with Crippen molar-refractivity contribution in [3.63, 3.8) is 0 Å². The molecule has 1 saturated heterocycles. The Bertz CT molecular complexity index is 1290. The number of carbonyl (C=O) groups is 1. The lowest BCUT2D eigenvalue weighted by molar-refractivity contribution is 0.0608. The quantitative estimate of drug-likeness (QED) is 0.447.